The summed E-state index contributed by atoms with van der Waals surface area (Å²) < 4.78 is 5.25. The summed E-state index contributed by atoms with van der Waals surface area (Å²) in [5.41, 5.74) is 3.72. The minimum atomic E-state index is -0.860. The summed E-state index contributed by atoms with van der Waals surface area (Å²) in [5.74, 6) is -0.785. The molecule has 0 heterocycles. The molecule has 0 radical (unpaired) electrons. The van der Waals surface area contributed by atoms with Gasteiger partial charge < -0.3 is 10.1 Å². The molecule has 136 valence electrons. The Labute approximate surface area is 158 Å². The Kier molecular flexibility index (Phi) is 6.00. The molecule has 0 unspecified atom stereocenters. The smallest absolute Gasteiger partial charge is 0.311 e. The molecule has 4 heteroatoms. The molecule has 3 aromatic carbocycles. The Hall–Kier alpha value is -3.40. The highest BCUT2D eigenvalue weighted by molar-refractivity contribution is 5.95. The predicted molar refractivity (Wildman–Crippen MR) is 106 cm³/mol. The molecule has 0 aromatic heterocycles. The number of ether oxygens (including phenoxy) is 1. The van der Waals surface area contributed by atoms with E-state index < -0.39 is 12.1 Å². The quantitative estimate of drug-likeness (QED) is 0.661. The van der Waals surface area contributed by atoms with Crippen LogP contribution in [0.5, 0.6) is 0 Å². The summed E-state index contributed by atoms with van der Waals surface area (Å²) >= 11 is 0. The van der Waals surface area contributed by atoms with Crippen molar-refractivity contribution in [3.05, 3.63) is 90.5 Å². The number of amides is 1. The number of rotatable bonds is 6. The highest BCUT2D eigenvalue weighted by atomic mass is 16.5. The van der Waals surface area contributed by atoms with Gasteiger partial charge in [-0.3, -0.25) is 9.59 Å². The maximum Gasteiger partial charge on any atom is 0.311 e. The van der Waals surface area contributed by atoms with Gasteiger partial charge in [0, 0.05) is 5.69 Å². The molecule has 0 spiro atoms. The van der Waals surface area contributed by atoms with Gasteiger partial charge in [-0.25, -0.2) is 0 Å². The van der Waals surface area contributed by atoms with Crippen LogP contribution in [-0.2, 0) is 20.7 Å². The second-order valence-corrected chi connectivity index (χ2v) is 6.23. The van der Waals surface area contributed by atoms with Crippen LogP contribution in [-0.4, -0.2) is 18.0 Å². The Morgan fingerprint density at radius 1 is 0.815 bits per heavy atom. The van der Waals surface area contributed by atoms with E-state index >= 15 is 0 Å². The molecular formula is C23H21NO3. The Bertz CT molecular complexity index is 890. The molecule has 27 heavy (non-hydrogen) atoms. The molecule has 1 amide bonds. The van der Waals surface area contributed by atoms with Crippen LogP contribution in [0.2, 0.25) is 0 Å². The first-order valence-corrected chi connectivity index (χ1v) is 8.81. The summed E-state index contributed by atoms with van der Waals surface area (Å²) in [6.45, 7) is 1.56. The Morgan fingerprint density at radius 3 is 2.00 bits per heavy atom. The van der Waals surface area contributed by atoms with Crippen molar-refractivity contribution >= 4 is 17.6 Å². The Morgan fingerprint density at radius 2 is 1.37 bits per heavy atom. The standard InChI is InChI=1S/C23H21NO3/c1-17(23(26)24-21-10-6-3-7-11-21)27-22(25)16-18-12-14-20(15-13-18)19-8-4-2-5-9-19/h2-15,17H,16H2,1H3,(H,24,26)/t17-/m1/s1. The van der Waals surface area contributed by atoms with Crippen molar-refractivity contribution in [1.29, 1.82) is 0 Å². The predicted octanol–water partition coefficient (Wildman–Crippen LogP) is 4.47. The molecule has 3 aromatic rings. The third-order valence-corrected chi connectivity index (χ3v) is 4.13. The largest absolute Gasteiger partial charge is 0.452 e. The van der Waals surface area contributed by atoms with Gasteiger partial charge in [-0.15, -0.1) is 0 Å². The lowest BCUT2D eigenvalue weighted by atomic mass is 10.0. The minimum absolute atomic E-state index is 0.123. The number of hydrogen-bond acceptors (Lipinski definition) is 3. The number of hydrogen-bond donors (Lipinski definition) is 1. The Balaban J connectivity index is 1.53. The number of benzene rings is 3. The van der Waals surface area contributed by atoms with Crippen molar-refractivity contribution in [3.8, 4) is 11.1 Å². The lowest BCUT2D eigenvalue weighted by Crippen LogP contribution is -2.30. The summed E-state index contributed by atoms with van der Waals surface area (Å²) in [6, 6.07) is 26.9. The van der Waals surface area contributed by atoms with Crippen molar-refractivity contribution in [1.82, 2.24) is 0 Å². The van der Waals surface area contributed by atoms with E-state index in [9.17, 15) is 9.59 Å². The van der Waals surface area contributed by atoms with E-state index in [4.69, 9.17) is 4.74 Å². The average Bonchev–Trinajstić information content (AvgIpc) is 2.70. The lowest BCUT2D eigenvalue weighted by molar-refractivity contribution is -0.152. The van der Waals surface area contributed by atoms with Crippen LogP contribution < -0.4 is 5.32 Å². The van der Waals surface area contributed by atoms with E-state index in [1.807, 2.05) is 72.8 Å². The number of nitrogens with one attached hydrogen (secondary N) is 1. The van der Waals surface area contributed by atoms with E-state index in [1.165, 1.54) is 0 Å². The van der Waals surface area contributed by atoms with Gasteiger partial charge in [-0.05, 0) is 35.7 Å². The van der Waals surface area contributed by atoms with Gasteiger partial charge in [0.15, 0.2) is 6.10 Å². The van der Waals surface area contributed by atoms with Crippen LogP contribution in [0.3, 0.4) is 0 Å². The second kappa shape index (κ2) is 8.81. The van der Waals surface area contributed by atoms with Crippen LogP contribution in [0, 0.1) is 0 Å². The summed E-state index contributed by atoms with van der Waals surface area (Å²) in [7, 11) is 0. The molecule has 4 nitrogen and oxygen atoms in total. The number of esters is 1. The van der Waals surface area contributed by atoms with Crippen molar-refractivity contribution in [2.45, 2.75) is 19.4 Å². The lowest BCUT2D eigenvalue weighted by Gasteiger charge is -2.13. The number of anilines is 1. The first-order valence-electron chi connectivity index (χ1n) is 8.81. The molecule has 0 aliphatic rings. The van der Waals surface area contributed by atoms with Crippen molar-refractivity contribution in [3.63, 3.8) is 0 Å². The molecule has 0 saturated carbocycles. The van der Waals surface area contributed by atoms with E-state index in [0.29, 0.717) is 5.69 Å². The fraction of sp³-hybridized carbons (Fsp3) is 0.130. The zero-order valence-corrected chi connectivity index (χ0v) is 15.1. The van der Waals surface area contributed by atoms with Gasteiger partial charge in [-0.1, -0.05) is 72.8 Å². The minimum Gasteiger partial charge on any atom is -0.452 e. The van der Waals surface area contributed by atoms with Gasteiger partial charge in [-0.2, -0.15) is 0 Å². The van der Waals surface area contributed by atoms with Crippen LogP contribution >= 0.6 is 0 Å². The van der Waals surface area contributed by atoms with Crippen LogP contribution in [0.1, 0.15) is 12.5 Å². The summed E-state index contributed by atoms with van der Waals surface area (Å²) in [5, 5.41) is 2.72. The molecule has 3 rings (SSSR count). The van der Waals surface area contributed by atoms with Crippen molar-refractivity contribution < 1.29 is 14.3 Å². The monoisotopic (exact) mass is 359 g/mol. The fourth-order valence-electron chi connectivity index (χ4n) is 2.67. The second-order valence-electron chi connectivity index (χ2n) is 6.23. The molecule has 0 bridgehead atoms. The summed E-state index contributed by atoms with van der Waals surface area (Å²) in [4.78, 5) is 24.2. The van der Waals surface area contributed by atoms with Gasteiger partial charge in [0.2, 0.25) is 0 Å². The molecule has 0 fully saturated rings. The topological polar surface area (TPSA) is 55.4 Å². The maximum absolute atomic E-state index is 12.1. The molecule has 1 atom stereocenters. The van der Waals surface area contributed by atoms with Gasteiger partial charge in [0.05, 0.1) is 6.42 Å². The number of para-hydroxylation sites is 1. The molecule has 0 aliphatic heterocycles. The molecule has 0 aliphatic carbocycles. The van der Waals surface area contributed by atoms with Crippen LogP contribution in [0.15, 0.2) is 84.9 Å². The normalized spacial score (nSPS) is 11.4. The van der Waals surface area contributed by atoms with Crippen LogP contribution in [0.25, 0.3) is 11.1 Å². The average molecular weight is 359 g/mol. The van der Waals surface area contributed by atoms with Gasteiger partial charge in [0.1, 0.15) is 0 Å². The number of carbonyl (C=O) groups excluding carboxylic acids is 2. The van der Waals surface area contributed by atoms with Gasteiger partial charge in [0.25, 0.3) is 5.91 Å². The molecular weight excluding hydrogens is 338 g/mol. The molecule has 1 N–H and O–H groups in total. The van der Waals surface area contributed by atoms with E-state index in [-0.39, 0.29) is 12.3 Å². The van der Waals surface area contributed by atoms with E-state index in [0.717, 1.165) is 16.7 Å². The zero-order chi connectivity index (χ0) is 19.1. The SMILES string of the molecule is C[C@@H](OC(=O)Cc1ccc(-c2ccccc2)cc1)C(=O)Nc1ccccc1. The third kappa shape index (κ3) is 5.28. The third-order valence-electron chi connectivity index (χ3n) is 4.13. The fourth-order valence-corrected chi connectivity index (χ4v) is 2.67. The van der Waals surface area contributed by atoms with Crippen molar-refractivity contribution in [2.24, 2.45) is 0 Å². The van der Waals surface area contributed by atoms with Crippen molar-refractivity contribution in [2.75, 3.05) is 5.32 Å². The number of carbonyl (C=O) groups is 2. The maximum atomic E-state index is 12.1. The first-order chi connectivity index (χ1) is 13.1. The summed E-state index contributed by atoms with van der Waals surface area (Å²) in [6.07, 6.45) is -0.737. The van der Waals surface area contributed by atoms with Gasteiger partial charge >= 0.3 is 5.97 Å². The zero-order valence-electron chi connectivity index (χ0n) is 15.1. The van der Waals surface area contributed by atoms with Crippen LogP contribution in [0.4, 0.5) is 5.69 Å². The van der Waals surface area contributed by atoms with E-state index in [2.05, 4.69) is 5.32 Å². The molecule has 0 saturated heterocycles. The highest BCUT2D eigenvalue weighted by Crippen LogP contribution is 2.19. The van der Waals surface area contributed by atoms with E-state index in [1.54, 1.807) is 19.1 Å². The highest BCUT2D eigenvalue weighted by Gasteiger charge is 2.18. The first kappa shape index (κ1) is 18.4.